The van der Waals surface area contributed by atoms with Crippen LogP contribution in [0, 0.1) is 0 Å². The molecule has 0 bridgehead atoms. The van der Waals surface area contributed by atoms with Crippen LogP contribution in [-0.2, 0) is 4.74 Å². The molecule has 1 unspecified atom stereocenters. The summed E-state index contributed by atoms with van der Waals surface area (Å²) in [6.45, 7) is 10.9. The fourth-order valence-electron chi connectivity index (χ4n) is 1.55. The molecule has 118 valence electrons. The molecule has 0 aliphatic rings. The van der Waals surface area contributed by atoms with Gasteiger partial charge in [0.1, 0.15) is 5.60 Å². The zero-order valence-corrected chi connectivity index (χ0v) is 13.5. The van der Waals surface area contributed by atoms with Gasteiger partial charge in [-0.1, -0.05) is 20.3 Å². The van der Waals surface area contributed by atoms with Crippen molar-refractivity contribution in [1.82, 2.24) is 10.6 Å². The van der Waals surface area contributed by atoms with Crippen molar-refractivity contribution in [2.75, 3.05) is 13.1 Å². The first-order valence-electron chi connectivity index (χ1n) is 7.31. The molecule has 0 radical (unpaired) electrons. The number of aliphatic imine (C=N–C) groups is 1. The third kappa shape index (κ3) is 10.5. The predicted octanol–water partition coefficient (Wildman–Crippen LogP) is 1.99. The van der Waals surface area contributed by atoms with E-state index in [0.29, 0.717) is 12.5 Å². The number of nitrogens with one attached hydrogen (secondary N) is 2. The molecule has 0 aromatic rings. The molecule has 1 atom stereocenters. The molecule has 4 N–H and O–H groups in total. The van der Waals surface area contributed by atoms with Crippen LogP contribution in [0.3, 0.4) is 0 Å². The third-order valence-electron chi connectivity index (χ3n) is 2.40. The summed E-state index contributed by atoms with van der Waals surface area (Å²) in [7, 11) is 0. The minimum absolute atomic E-state index is 0.0585. The number of hydrogen-bond acceptors (Lipinski definition) is 3. The number of guanidine groups is 1. The summed E-state index contributed by atoms with van der Waals surface area (Å²) in [6.07, 6.45) is 2.37. The Morgan fingerprint density at radius 1 is 1.30 bits per heavy atom. The number of carbonyl (C=O) groups excluding carboxylic acids is 1. The number of alkyl carbamates (subject to hydrolysis) is 1. The Morgan fingerprint density at radius 2 is 1.95 bits per heavy atom. The SMILES string of the molecule is CCCNC(N)=NCC(CCC)NC(=O)OC(C)(C)C. The minimum atomic E-state index is -0.494. The van der Waals surface area contributed by atoms with Gasteiger partial charge in [-0.2, -0.15) is 0 Å². The maximum absolute atomic E-state index is 11.7. The van der Waals surface area contributed by atoms with Crippen LogP contribution < -0.4 is 16.4 Å². The highest BCUT2D eigenvalue weighted by atomic mass is 16.6. The van der Waals surface area contributed by atoms with Gasteiger partial charge in [0, 0.05) is 6.54 Å². The van der Waals surface area contributed by atoms with Crippen LogP contribution in [0.15, 0.2) is 4.99 Å². The first-order valence-corrected chi connectivity index (χ1v) is 7.31. The lowest BCUT2D eigenvalue weighted by molar-refractivity contribution is 0.0503. The normalized spacial score (nSPS) is 13.8. The van der Waals surface area contributed by atoms with Crippen LogP contribution in [0.2, 0.25) is 0 Å². The monoisotopic (exact) mass is 286 g/mol. The van der Waals surface area contributed by atoms with Crippen molar-refractivity contribution in [2.45, 2.75) is 65.5 Å². The zero-order valence-electron chi connectivity index (χ0n) is 13.5. The van der Waals surface area contributed by atoms with Gasteiger partial charge in [0.25, 0.3) is 0 Å². The number of nitrogens with two attached hydrogens (primary N) is 1. The van der Waals surface area contributed by atoms with Gasteiger partial charge in [0.2, 0.25) is 0 Å². The zero-order chi connectivity index (χ0) is 15.6. The van der Waals surface area contributed by atoms with E-state index in [1.165, 1.54) is 0 Å². The Labute approximate surface area is 122 Å². The van der Waals surface area contributed by atoms with Crippen molar-refractivity contribution >= 4 is 12.1 Å². The molecule has 6 nitrogen and oxygen atoms in total. The Kier molecular flexibility index (Phi) is 8.76. The van der Waals surface area contributed by atoms with Crippen molar-refractivity contribution < 1.29 is 9.53 Å². The molecule has 0 fully saturated rings. The summed E-state index contributed by atoms with van der Waals surface area (Å²) in [6, 6.07) is -0.0585. The van der Waals surface area contributed by atoms with Gasteiger partial charge >= 0.3 is 6.09 Å². The second-order valence-corrected chi connectivity index (χ2v) is 5.78. The summed E-state index contributed by atoms with van der Waals surface area (Å²) < 4.78 is 5.24. The molecular formula is C14H30N4O2. The van der Waals surface area contributed by atoms with Gasteiger partial charge < -0.3 is 21.1 Å². The summed E-state index contributed by atoms with van der Waals surface area (Å²) in [5.41, 5.74) is 5.24. The van der Waals surface area contributed by atoms with Crippen LogP contribution in [0.5, 0.6) is 0 Å². The van der Waals surface area contributed by atoms with E-state index in [-0.39, 0.29) is 6.04 Å². The lowest BCUT2D eigenvalue weighted by atomic mass is 10.1. The molecule has 0 heterocycles. The minimum Gasteiger partial charge on any atom is -0.444 e. The quantitative estimate of drug-likeness (QED) is 0.493. The molecule has 0 saturated heterocycles. The van der Waals surface area contributed by atoms with E-state index in [9.17, 15) is 4.79 Å². The summed E-state index contributed by atoms with van der Waals surface area (Å²) in [5, 5.41) is 5.84. The van der Waals surface area contributed by atoms with E-state index in [1.807, 2.05) is 20.8 Å². The van der Waals surface area contributed by atoms with Crippen LogP contribution in [0.4, 0.5) is 4.79 Å². The Morgan fingerprint density at radius 3 is 2.45 bits per heavy atom. The predicted molar refractivity (Wildman–Crippen MR) is 82.8 cm³/mol. The van der Waals surface area contributed by atoms with Crippen LogP contribution in [0.1, 0.15) is 53.9 Å². The second-order valence-electron chi connectivity index (χ2n) is 5.78. The molecule has 0 aromatic heterocycles. The van der Waals surface area contributed by atoms with Gasteiger partial charge in [-0.3, -0.25) is 4.99 Å². The van der Waals surface area contributed by atoms with Crippen LogP contribution in [-0.4, -0.2) is 36.8 Å². The van der Waals surface area contributed by atoms with E-state index in [0.717, 1.165) is 25.8 Å². The number of nitrogens with zero attached hydrogens (tertiary/aromatic N) is 1. The van der Waals surface area contributed by atoms with Crippen molar-refractivity contribution in [3.05, 3.63) is 0 Å². The number of carbonyl (C=O) groups is 1. The van der Waals surface area contributed by atoms with Gasteiger partial charge in [-0.05, 0) is 33.6 Å². The fraction of sp³-hybridized carbons (Fsp3) is 0.857. The highest BCUT2D eigenvalue weighted by Crippen LogP contribution is 2.07. The molecule has 0 aliphatic heterocycles. The van der Waals surface area contributed by atoms with E-state index >= 15 is 0 Å². The molecule has 0 saturated carbocycles. The van der Waals surface area contributed by atoms with Crippen LogP contribution in [0.25, 0.3) is 0 Å². The van der Waals surface area contributed by atoms with Gasteiger partial charge in [0.05, 0.1) is 12.6 Å². The van der Waals surface area contributed by atoms with Crippen molar-refractivity contribution in [3.8, 4) is 0 Å². The average molecular weight is 286 g/mol. The number of rotatable bonds is 7. The lowest BCUT2D eigenvalue weighted by Gasteiger charge is -2.22. The molecule has 0 aliphatic carbocycles. The first kappa shape index (κ1) is 18.5. The second kappa shape index (κ2) is 9.44. The van der Waals surface area contributed by atoms with Crippen LogP contribution >= 0.6 is 0 Å². The van der Waals surface area contributed by atoms with Gasteiger partial charge in [-0.15, -0.1) is 0 Å². The Hall–Kier alpha value is -1.46. The third-order valence-corrected chi connectivity index (χ3v) is 2.40. The largest absolute Gasteiger partial charge is 0.444 e. The topological polar surface area (TPSA) is 88.7 Å². The Balaban J connectivity index is 4.32. The van der Waals surface area contributed by atoms with Crippen molar-refractivity contribution in [2.24, 2.45) is 10.7 Å². The summed E-state index contributed by atoms with van der Waals surface area (Å²) in [4.78, 5) is 16.0. The van der Waals surface area contributed by atoms with Gasteiger partial charge in [-0.25, -0.2) is 4.79 Å². The highest BCUT2D eigenvalue weighted by Gasteiger charge is 2.18. The highest BCUT2D eigenvalue weighted by molar-refractivity contribution is 5.77. The average Bonchev–Trinajstić information content (AvgIpc) is 2.31. The number of hydrogen-bond donors (Lipinski definition) is 3. The summed E-state index contributed by atoms with van der Waals surface area (Å²) >= 11 is 0. The summed E-state index contributed by atoms with van der Waals surface area (Å²) in [5.74, 6) is 0.416. The lowest BCUT2D eigenvalue weighted by Crippen LogP contribution is -2.41. The van der Waals surface area contributed by atoms with E-state index in [1.54, 1.807) is 0 Å². The standard InChI is InChI=1S/C14H30N4O2/c1-6-8-11(10-17-12(15)16-9-7-2)18-13(19)20-14(3,4)5/h11H,6-10H2,1-5H3,(H,18,19)(H3,15,16,17). The number of ether oxygens (including phenoxy) is 1. The molecule has 20 heavy (non-hydrogen) atoms. The van der Waals surface area contributed by atoms with E-state index in [2.05, 4.69) is 29.5 Å². The molecule has 1 amide bonds. The molecule has 0 rings (SSSR count). The van der Waals surface area contributed by atoms with E-state index < -0.39 is 11.7 Å². The smallest absolute Gasteiger partial charge is 0.407 e. The fourth-order valence-corrected chi connectivity index (χ4v) is 1.55. The molecule has 0 spiro atoms. The van der Waals surface area contributed by atoms with E-state index in [4.69, 9.17) is 10.5 Å². The maximum atomic E-state index is 11.7. The van der Waals surface area contributed by atoms with Crippen molar-refractivity contribution in [1.29, 1.82) is 0 Å². The molecule has 0 aromatic carbocycles. The Bertz CT molecular complexity index is 311. The molecular weight excluding hydrogens is 256 g/mol. The maximum Gasteiger partial charge on any atom is 0.407 e. The molecule has 6 heteroatoms. The first-order chi connectivity index (χ1) is 9.28. The van der Waals surface area contributed by atoms with Crippen molar-refractivity contribution in [3.63, 3.8) is 0 Å². The number of amides is 1. The van der Waals surface area contributed by atoms with Gasteiger partial charge in [0.15, 0.2) is 5.96 Å².